The van der Waals surface area contributed by atoms with Gasteiger partial charge in [-0.2, -0.15) is 0 Å². The number of hydrogen-bond acceptors (Lipinski definition) is 4. The molecule has 0 radical (unpaired) electrons. The number of nitrogens with one attached hydrogen (secondary N) is 1. The van der Waals surface area contributed by atoms with Gasteiger partial charge in [0.1, 0.15) is 5.58 Å². The molecule has 0 aliphatic rings. The summed E-state index contributed by atoms with van der Waals surface area (Å²) in [6.45, 7) is -0.124. The number of rotatable bonds is 5. The lowest BCUT2D eigenvalue weighted by atomic mass is 10.2. The zero-order chi connectivity index (χ0) is 16.9. The maximum absolute atomic E-state index is 11.9. The molecule has 24 heavy (non-hydrogen) atoms. The van der Waals surface area contributed by atoms with Crippen molar-refractivity contribution in [2.24, 2.45) is 0 Å². The van der Waals surface area contributed by atoms with Crippen molar-refractivity contribution in [3.8, 4) is 0 Å². The van der Waals surface area contributed by atoms with Crippen LogP contribution in [0.15, 0.2) is 59.0 Å². The molecule has 5 nitrogen and oxygen atoms in total. The van der Waals surface area contributed by atoms with Crippen LogP contribution in [0.1, 0.15) is 16.1 Å². The number of furan rings is 1. The number of para-hydroxylation sites is 1. The van der Waals surface area contributed by atoms with E-state index >= 15 is 0 Å². The van der Waals surface area contributed by atoms with Gasteiger partial charge >= 0.3 is 5.97 Å². The minimum atomic E-state index is -0.681. The number of esters is 1. The molecule has 2 aromatic carbocycles. The van der Waals surface area contributed by atoms with Crippen LogP contribution < -0.4 is 5.32 Å². The fraction of sp³-hybridized carbons (Fsp3) is 0.111. The topological polar surface area (TPSA) is 68.5 Å². The highest BCUT2D eigenvalue weighted by Crippen LogP contribution is 2.19. The smallest absolute Gasteiger partial charge is 0.374 e. The summed E-state index contributed by atoms with van der Waals surface area (Å²) >= 11 is 6.00. The second-order valence-electron chi connectivity index (χ2n) is 5.09. The highest BCUT2D eigenvalue weighted by atomic mass is 35.5. The van der Waals surface area contributed by atoms with Gasteiger partial charge in [-0.15, -0.1) is 0 Å². The monoisotopic (exact) mass is 343 g/mol. The van der Waals surface area contributed by atoms with Crippen LogP contribution >= 0.6 is 11.6 Å². The third kappa shape index (κ3) is 3.75. The molecule has 0 fully saturated rings. The van der Waals surface area contributed by atoms with Gasteiger partial charge < -0.3 is 14.5 Å². The minimum Gasteiger partial charge on any atom is -0.450 e. The summed E-state index contributed by atoms with van der Waals surface area (Å²) in [5, 5.41) is 4.01. The zero-order valence-corrected chi connectivity index (χ0v) is 13.4. The largest absolute Gasteiger partial charge is 0.450 e. The van der Waals surface area contributed by atoms with E-state index in [2.05, 4.69) is 5.32 Å². The Labute approximate surface area is 143 Å². The van der Waals surface area contributed by atoms with Crippen LogP contribution in [0.25, 0.3) is 11.0 Å². The Bertz CT molecular complexity index is 854. The first kappa shape index (κ1) is 16.1. The molecule has 1 N–H and O–H groups in total. The number of halogens is 1. The maximum atomic E-state index is 11.9. The van der Waals surface area contributed by atoms with E-state index in [-0.39, 0.29) is 18.9 Å². The van der Waals surface area contributed by atoms with Crippen molar-refractivity contribution in [1.29, 1.82) is 0 Å². The van der Waals surface area contributed by atoms with E-state index in [1.54, 1.807) is 18.2 Å². The van der Waals surface area contributed by atoms with Crippen molar-refractivity contribution in [1.82, 2.24) is 5.32 Å². The molecule has 6 heteroatoms. The number of carbonyl (C=O) groups is 2. The summed E-state index contributed by atoms with van der Waals surface area (Å²) in [7, 11) is 0. The SMILES string of the molecule is O=C(COC(=O)c1cc2ccccc2o1)NCc1ccccc1Cl. The van der Waals surface area contributed by atoms with Crippen molar-refractivity contribution in [2.75, 3.05) is 6.61 Å². The van der Waals surface area contributed by atoms with Crippen LogP contribution in [0.5, 0.6) is 0 Å². The fourth-order valence-electron chi connectivity index (χ4n) is 2.17. The van der Waals surface area contributed by atoms with Gasteiger partial charge in [-0.05, 0) is 23.8 Å². The Balaban J connectivity index is 1.52. The summed E-state index contributed by atoms with van der Waals surface area (Å²) in [5.41, 5.74) is 1.38. The van der Waals surface area contributed by atoms with Crippen molar-refractivity contribution >= 4 is 34.4 Å². The maximum Gasteiger partial charge on any atom is 0.374 e. The number of fused-ring (bicyclic) bond motifs is 1. The normalized spacial score (nSPS) is 10.5. The second kappa shape index (κ2) is 7.19. The predicted octanol–water partition coefficient (Wildman–Crippen LogP) is 3.56. The van der Waals surface area contributed by atoms with Crippen LogP contribution in [0, 0.1) is 0 Å². The molecular weight excluding hydrogens is 330 g/mol. The van der Waals surface area contributed by atoms with Crippen LogP contribution in [-0.2, 0) is 16.1 Å². The van der Waals surface area contributed by atoms with E-state index in [9.17, 15) is 9.59 Å². The van der Waals surface area contributed by atoms with Crippen molar-refractivity contribution < 1.29 is 18.7 Å². The Kier molecular flexibility index (Phi) is 4.82. The first-order valence-electron chi connectivity index (χ1n) is 7.29. The number of ether oxygens (including phenoxy) is 1. The summed E-state index contributed by atoms with van der Waals surface area (Å²) in [5.74, 6) is -1.03. The van der Waals surface area contributed by atoms with Gasteiger partial charge in [-0.3, -0.25) is 4.79 Å². The molecule has 0 unspecified atom stereocenters. The van der Waals surface area contributed by atoms with E-state index in [4.69, 9.17) is 20.8 Å². The summed E-state index contributed by atoms with van der Waals surface area (Å²) in [4.78, 5) is 23.7. The summed E-state index contributed by atoms with van der Waals surface area (Å²) in [6, 6.07) is 16.0. The standard InChI is InChI=1S/C18H14ClNO4/c19-14-7-3-1-6-13(14)10-20-17(21)11-23-18(22)16-9-12-5-2-4-8-15(12)24-16/h1-9H,10-11H2,(H,20,21). The van der Waals surface area contributed by atoms with Crippen molar-refractivity contribution in [3.63, 3.8) is 0 Å². The van der Waals surface area contributed by atoms with Crippen LogP contribution in [0.3, 0.4) is 0 Å². The quantitative estimate of drug-likeness (QED) is 0.719. The lowest BCUT2D eigenvalue weighted by molar-refractivity contribution is -0.124. The van der Waals surface area contributed by atoms with E-state index in [0.717, 1.165) is 10.9 Å². The van der Waals surface area contributed by atoms with Crippen LogP contribution in [0.4, 0.5) is 0 Å². The van der Waals surface area contributed by atoms with Crippen LogP contribution in [0.2, 0.25) is 5.02 Å². The fourth-order valence-corrected chi connectivity index (χ4v) is 2.37. The Hall–Kier alpha value is -2.79. The Morgan fingerprint density at radius 2 is 1.83 bits per heavy atom. The third-order valence-electron chi connectivity index (χ3n) is 3.39. The molecule has 0 aliphatic heterocycles. The van der Waals surface area contributed by atoms with Crippen molar-refractivity contribution in [3.05, 3.63) is 70.9 Å². The molecule has 122 valence electrons. The minimum absolute atomic E-state index is 0.0649. The summed E-state index contributed by atoms with van der Waals surface area (Å²) < 4.78 is 10.3. The van der Waals surface area contributed by atoms with Gasteiger partial charge in [-0.1, -0.05) is 48.0 Å². The first-order valence-corrected chi connectivity index (χ1v) is 7.67. The molecule has 0 spiro atoms. The second-order valence-corrected chi connectivity index (χ2v) is 5.50. The predicted molar refractivity (Wildman–Crippen MR) is 89.8 cm³/mol. The molecule has 0 atom stereocenters. The zero-order valence-electron chi connectivity index (χ0n) is 12.6. The Morgan fingerprint density at radius 3 is 2.62 bits per heavy atom. The number of amides is 1. The highest BCUT2D eigenvalue weighted by Gasteiger charge is 2.15. The number of carbonyl (C=O) groups excluding carboxylic acids is 2. The van der Waals surface area contributed by atoms with Gasteiger partial charge in [0, 0.05) is 17.0 Å². The molecule has 1 aromatic heterocycles. The van der Waals surface area contributed by atoms with Crippen LogP contribution in [-0.4, -0.2) is 18.5 Å². The summed E-state index contributed by atoms with van der Waals surface area (Å²) in [6.07, 6.45) is 0. The number of hydrogen-bond donors (Lipinski definition) is 1. The van der Waals surface area contributed by atoms with Crippen molar-refractivity contribution in [2.45, 2.75) is 6.54 Å². The highest BCUT2D eigenvalue weighted by molar-refractivity contribution is 6.31. The van der Waals surface area contributed by atoms with E-state index in [1.807, 2.05) is 36.4 Å². The average molecular weight is 344 g/mol. The molecule has 1 heterocycles. The van der Waals surface area contributed by atoms with E-state index in [1.165, 1.54) is 0 Å². The van der Waals surface area contributed by atoms with Gasteiger partial charge in [0.2, 0.25) is 5.76 Å². The van der Waals surface area contributed by atoms with Gasteiger partial charge in [0.15, 0.2) is 6.61 Å². The molecule has 0 saturated carbocycles. The van der Waals surface area contributed by atoms with Gasteiger partial charge in [0.05, 0.1) is 0 Å². The molecule has 0 saturated heterocycles. The van der Waals surface area contributed by atoms with E-state index in [0.29, 0.717) is 10.6 Å². The first-order chi connectivity index (χ1) is 11.6. The molecule has 0 bridgehead atoms. The molecule has 3 aromatic rings. The molecule has 3 rings (SSSR count). The lowest BCUT2D eigenvalue weighted by Crippen LogP contribution is -2.28. The third-order valence-corrected chi connectivity index (χ3v) is 3.76. The Morgan fingerprint density at radius 1 is 1.08 bits per heavy atom. The molecule has 1 amide bonds. The van der Waals surface area contributed by atoms with Gasteiger partial charge in [-0.25, -0.2) is 4.79 Å². The number of benzene rings is 2. The van der Waals surface area contributed by atoms with E-state index < -0.39 is 11.9 Å². The lowest BCUT2D eigenvalue weighted by Gasteiger charge is -2.07. The average Bonchev–Trinajstić information content (AvgIpc) is 3.03. The molecular formula is C18H14ClNO4. The molecule has 0 aliphatic carbocycles. The van der Waals surface area contributed by atoms with Gasteiger partial charge in [0.25, 0.3) is 5.91 Å².